The van der Waals surface area contributed by atoms with E-state index in [9.17, 15) is 19.5 Å². The minimum absolute atomic E-state index is 0. The largest absolute Gasteiger partial charge is 1.00 e. The van der Waals surface area contributed by atoms with Crippen molar-refractivity contribution in [1.29, 1.82) is 0 Å². The molecule has 2 N–H and O–H groups in total. The van der Waals surface area contributed by atoms with Crippen LogP contribution in [0, 0.1) is 0 Å². The molecule has 7 heteroatoms. The summed E-state index contributed by atoms with van der Waals surface area (Å²) in [5, 5.41) is 10.4. The molecule has 0 aliphatic rings. The molecule has 0 spiro atoms. The van der Waals surface area contributed by atoms with Crippen molar-refractivity contribution in [3.63, 3.8) is 0 Å². The number of carbonyl (C=O) groups is 3. The van der Waals surface area contributed by atoms with Crippen LogP contribution in [0.1, 0.15) is 110 Å². The molecule has 158 valence electrons. The van der Waals surface area contributed by atoms with E-state index in [1.165, 1.54) is 64.2 Å². The van der Waals surface area contributed by atoms with E-state index in [2.05, 4.69) is 11.7 Å². The predicted molar refractivity (Wildman–Crippen MR) is 104 cm³/mol. The van der Waals surface area contributed by atoms with Crippen LogP contribution in [-0.2, 0) is 19.1 Å². The van der Waals surface area contributed by atoms with Gasteiger partial charge in [0.05, 0.1) is 5.97 Å². The second-order valence-electron chi connectivity index (χ2n) is 7.30. The number of nitrogens with two attached hydrogens (primary N) is 1. The van der Waals surface area contributed by atoms with Crippen molar-refractivity contribution in [3.8, 4) is 0 Å². The van der Waals surface area contributed by atoms with Crippen LogP contribution >= 0.6 is 0 Å². The summed E-state index contributed by atoms with van der Waals surface area (Å²) in [6.45, 7) is 2.24. The maximum Gasteiger partial charge on any atom is 1.00 e. The second-order valence-corrected chi connectivity index (χ2v) is 7.30. The van der Waals surface area contributed by atoms with Gasteiger partial charge in [0, 0.05) is 18.9 Å². The Balaban J connectivity index is 0. The van der Waals surface area contributed by atoms with Crippen molar-refractivity contribution in [2.75, 3.05) is 0 Å². The van der Waals surface area contributed by atoms with Gasteiger partial charge in [-0.25, -0.2) is 0 Å². The molecule has 0 aromatic heterocycles. The van der Waals surface area contributed by atoms with Crippen molar-refractivity contribution < 1.29 is 53.8 Å². The second kappa shape index (κ2) is 21.3. The van der Waals surface area contributed by atoms with Crippen LogP contribution < -0.4 is 40.4 Å². The van der Waals surface area contributed by atoms with E-state index in [0.29, 0.717) is 6.42 Å². The topological polar surface area (TPSA) is 110 Å². The Hall–Kier alpha value is -0.430. The van der Waals surface area contributed by atoms with Crippen LogP contribution in [0.2, 0.25) is 0 Å². The minimum Gasteiger partial charge on any atom is -0.548 e. The number of carboxylic acids is 1. The van der Waals surface area contributed by atoms with Gasteiger partial charge in [-0.05, 0) is 12.8 Å². The quantitative estimate of drug-likeness (QED) is 0.152. The summed E-state index contributed by atoms with van der Waals surface area (Å²) in [6, 6.07) is -1.21. The van der Waals surface area contributed by atoms with E-state index in [4.69, 9.17) is 5.73 Å². The van der Waals surface area contributed by atoms with Crippen LogP contribution in [0.5, 0.6) is 0 Å². The van der Waals surface area contributed by atoms with Gasteiger partial charge in [0.1, 0.15) is 0 Å². The molecule has 0 rings (SSSR count). The third kappa shape index (κ3) is 20.3. The number of rotatable bonds is 18. The SMILES string of the molecule is CCCCCCCCCCCCCCCC(=O)OC(=O)CC[C@H](N)C(=O)[O-].[Na+]. The zero-order valence-corrected chi connectivity index (χ0v) is 20.0. The molecule has 0 saturated heterocycles. The zero-order valence-electron chi connectivity index (χ0n) is 18.0. The Morgan fingerprint density at radius 3 is 1.57 bits per heavy atom. The summed E-state index contributed by atoms with van der Waals surface area (Å²) in [5.74, 6) is -2.70. The fraction of sp³-hybridized carbons (Fsp3) is 0.857. The van der Waals surface area contributed by atoms with E-state index in [0.717, 1.165) is 12.8 Å². The number of unbranched alkanes of at least 4 members (excludes halogenated alkanes) is 12. The van der Waals surface area contributed by atoms with Gasteiger partial charge in [0.15, 0.2) is 0 Å². The normalized spacial score (nSPS) is 11.5. The first-order valence-electron chi connectivity index (χ1n) is 10.7. The van der Waals surface area contributed by atoms with Gasteiger partial charge in [-0.15, -0.1) is 0 Å². The van der Waals surface area contributed by atoms with E-state index in [1.54, 1.807) is 0 Å². The Bertz CT molecular complexity index is 418. The van der Waals surface area contributed by atoms with Gasteiger partial charge >= 0.3 is 41.5 Å². The standard InChI is InChI=1S/C21H39NO5.Na/c1-2-3-4-5-6-7-8-9-10-11-12-13-14-15-19(23)27-20(24)17-16-18(22)21(25)26;/h18H,2-17,22H2,1H3,(H,25,26);/q;+1/p-1/t18-;/m0./s1. The van der Waals surface area contributed by atoms with Crippen molar-refractivity contribution >= 4 is 17.9 Å². The molecule has 0 heterocycles. The molecule has 0 aromatic carbocycles. The van der Waals surface area contributed by atoms with Gasteiger partial charge < -0.3 is 20.4 Å². The molecular formula is C21H38NNaO5. The summed E-state index contributed by atoms with van der Waals surface area (Å²) >= 11 is 0. The smallest absolute Gasteiger partial charge is 0.548 e. The number of hydrogen-bond donors (Lipinski definition) is 1. The van der Waals surface area contributed by atoms with E-state index >= 15 is 0 Å². The molecule has 0 aliphatic heterocycles. The first kappa shape index (κ1) is 29.8. The van der Waals surface area contributed by atoms with E-state index in [-0.39, 0.29) is 48.8 Å². The molecule has 0 fully saturated rings. The molecular weight excluding hydrogens is 369 g/mol. The van der Waals surface area contributed by atoms with Crippen molar-refractivity contribution in [3.05, 3.63) is 0 Å². The van der Waals surface area contributed by atoms with Gasteiger partial charge in [0.2, 0.25) is 0 Å². The third-order valence-corrected chi connectivity index (χ3v) is 4.67. The van der Waals surface area contributed by atoms with Crippen molar-refractivity contribution in [1.82, 2.24) is 0 Å². The molecule has 0 saturated carbocycles. The number of ether oxygens (including phenoxy) is 1. The van der Waals surface area contributed by atoms with Gasteiger partial charge in [-0.2, -0.15) is 0 Å². The molecule has 0 aliphatic carbocycles. The first-order chi connectivity index (χ1) is 13.0. The van der Waals surface area contributed by atoms with Gasteiger partial charge in [0.25, 0.3) is 0 Å². The Morgan fingerprint density at radius 2 is 1.14 bits per heavy atom. The van der Waals surface area contributed by atoms with Crippen LogP contribution in [0.25, 0.3) is 0 Å². The van der Waals surface area contributed by atoms with Crippen molar-refractivity contribution in [2.24, 2.45) is 5.73 Å². The molecule has 28 heavy (non-hydrogen) atoms. The van der Waals surface area contributed by atoms with Gasteiger partial charge in [-0.1, -0.05) is 84.0 Å². The van der Waals surface area contributed by atoms with E-state index in [1.807, 2.05) is 0 Å². The maximum absolute atomic E-state index is 11.5. The monoisotopic (exact) mass is 407 g/mol. The van der Waals surface area contributed by atoms with Gasteiger partial charge in [-0.3, -0.25) is 9.59 Å². The number of aliphatic carboxylic acids is 1. The molecule has 0 bridgehead atoms. The minimum atomic E-state index is -1.42. The number of carbonyl (C=O) groups excluding carboxylic acids is 3. The summed E-state index contributed by atoms with van der Waals surface area (Å²) in [7, 11) is 0. The Labute approximate surface area is 192 Å². The van der Waals surface area contributed by atoms with Crippen LogP contribution in [0.4, 0.5) is 0 Å². The fourth-order valence-corrected chi connectivity index (χ4v) is 2.91. The summed E-state index contributed by atoms with van der Waals surface area (Å²) in [5.41, 5.74) is 5.23. The van der Waals surface area contributed by atoms with Crippen LogP contribution in [0.15, 0.2) is 0 Å². The fourth-order valence-electron chi connectivity index (χ4n) is 2.91. The molecule has 0 aromatic rings. The number of carboxylic acid groups (broad SMARTS) is 1. The average Bonchev–Trinajstić information content (AvgIpc) is 2.63. The first-order valence-corrected chi connectivity index (χ1v) is 10.7. The Kier molecular flexibility index (Phi) is 22.6. The summed E-state index contributed by atoms with van der Waals surface area (Å²) in [4.78, 5) is 33.4. The number of hydrogen-bond acceptors (Lipinski definition) is 6. The molecule has 0 amide bonds. The average molecular weight is 408 g/mol. The molecule has 1 atom stereocenters. The third-order valence-electron chi connectivity index (χ3n) is 4.67. The predicted octanol–water partition coefficient (Wildman–Crippen LogP) is 0.399. The zero-order chi connectivity index (χ0) is 20.3. The van der Waals surface area contributed by atoms with Crippen molar-refractivity contribution in [2.45, 2.75) is 116 Å². The Morgan fingerprint density at radius 1 is 0.750 bits per heavy atom. The molecule has 0 unspecified atom stereocenters. The van der Waals surface area contributed by atoms with Crippen LogP contribution in [-0.4, -0.2) is 23.9 Å². The summed E-state index contributed by atoms with van der Waals surface area (Å²) < 4.78 is 4.64. The molecule has 0 radical (unpaired) electrons. The molecule has 6 nitrogen and oxygen atoms in total. The van der Waals surface area contributed by atoms with E-state index < -0.39 is 23.9 Å². The maximum atomic E-state index is 11.5. The summed E-state index contributed by atoms with van der Waals surface area (Å²) in [6.07, 6.45) is 15.8. The van der Waals surface area contributed by atoms with Crippen LogP contribution in [0.3, 0.4) is 0 Å². The number of esters is 2.